The lowest BCUT2D eigenvalue weighted by Crippen LogP contribution is -2.21. The van der Waals surface area contributed by atoms with Crippen molar-refractivity contribution in [3.63, 3.8) is 0 Å². The van der Waals surface area contributed by atoms with Crippen LogP contribution in [0, 0.1) is 0 Å². The summed E-state index contributed by atoms with van der Waals surface area (Å²) in [7, 11) is 0. The summed E-state index contributed by atoms with van der Waals surface area (Å²) in [4.78, 5) is 24.4. The first-order valence-electron chi connectivity index (χ1n) is 8.21. The second-order valence-corrected chi connectivity index (χ2v) is 7.06. The molecule has 144 valence electrons. The topological polar surface area (TPSA) is 68.5 Å². The SMILES string of the molecule is CCn1c(Oc2ccc(Cl)cc2)cc(=O)c(C(=O)O)c1-c1ccc(Cl)c(Cl)c1. The number of carbonyl (C=O) groups is 1. The minimum absolute atomic E-state index is 0.185. The van der Waals surface area contributed by atoms with E-state index >= 15 is 0 Å². The van der Waals surface area contributed by atoms with Crippen LogP contribution >= 0.6 is 34.8 Å². The fraction of sp³-hybridized carbons (Fsp3) is 0.100. The third-order valence-electron chi connectivity index (χ3n) is 4.03. The molecule has 28 heavy (non-hydrogen) atoms. The zero-order valence-corrected chi connectivity index (χ0v) is 16.8. The molecule has 0 saturated carbocycles. The number of nitrogens with zero attached hydrogens (tertiary/aromatic N) is 1. The smallest absolute Gasteiger partial charge is 0.341 e. The van der Waals surface area contributed by atoms with Crippen LogP contribution in [0.25, 0.3) is 11.3 Å². The van der Waals surface area contributed by atoms with Crippen LogP contribution in [0.3, 0.4) is 0 Å². The monoisotopic (exact) mass is 437 g/mol. The molecule has 0 aliphatic carbocycles. The molecule has 0 spiro atoms. The number of ether oxygens (including phenoxy) is 1. The molecular weight excluding hydrogens is 425 g/mol. The van der Waals surface area contributed by atoms with Crippen LogP contribution in [-0.2, 0) is 6.54 Å². The Hall–Kier alpha value is -2.47. The number of benzene rings is 2. The van der Waals surface area contributed by atoms with Crippen molar-refractivity contribution in [1.82, 2.24) is 4.57 Å². The van der Waals surface area contributed by atoms with Crippen molar-refractivity contribution < 1.29 is 14.6 Å². The van der Waals surface area contributed by atoms with E-state index in [4.69, 9.17) is 39.5 Å². The normalized spacial score (nSPS) is 10.7. The van der Waals surface area contributed by atoms with E-state index in [1.54, 1.807) is 41.0 Å². The maximum Gasteiger partial charge on any atom is 0.341 e. The van der Waals surface area contributed by atoms with Gasteiger partial charge in [-0.1, -0.05) is 40.9 Å². The van der Waals surface area contributed by atoms with E-state index in [0.29, 0.717) is 27.9 Å². The molecule has 5 nitrogen and oxygen atoms in total. The number of hydrogen-bond acceptors (Lipinski definition) is 3. The number of pyridine rings is 1. The Balaban J connectivity index is 2.26. The molecule has 1 heterocycles. The van der Waals surface area contributed by atoms with Gasteiger partial charge in [0.15, 0.2) is 0 Å². The van der Waals surface area contributed by atoms with Gasteiger partial charge in [0, 0.05) is 23.2 Å². The van der Waals surface area contributed by atoms with Crippen molar-refractivity contribution in [3.8, 4) is 22.9 Å². The highest BCUT2D eigenvalue weighted by molar-refractivity contribution is 6.42. The Morgan fingerprint density at radius 1 is 1.04 bits per heavy atom. The van der Waals surface area contributed by atoms with Crippen LogP contribution in [0.15, 0.2) is 53.3 Å². The summed E-state index contributed by atoms with van der Waals surface area (Å²) in [5.74, 6) is -0.693. The number of aromatic nitrogens is 1. The van der Waals surface area contributed by atoms with Crippen LogP contribution in [-0.4, -0.2) is 15.6 Å². The standard InChI is InChI=1S/C20H14Cl3NO4/c1-2-24-17(28-13-6-4-12(21)5-7-13)10-16(25)18(20(26)27)19(24)11-3-8-14(22)15(23)9-11/h3-10H,2H2,1H3,(H,26,27). The molecule has 0 amide bonds. The summed E-state index contributed by atoms with van der Waals surface area (Å²) >= 11 is 18.0. The molecule has 8 heteroatoms. The first-order valence-corrected chi connectivity index (χ1v) is 9.35. The minimum Gasteiger partial charge on any atom is -0.477 e. The number of halogens is 3. The predicted octanol–water partition coefficient (Wildman–Crippen LogP) is 5.99. The highest BCUT2D eigenvalue weighted by atomic mass is 35.5. The zero-order chi connectivity index (χ0) is 20.4. The number of hydrogen-bond donors (Lipinski definition) is 1. The lowest BCUT2D eigenvalue weighted by molar-refractivity contribution is 0.0695. The number of aromatic carboxylic acids is 1. The summed E-state index contributed by atoms with van der Waals surface area (Å²) in [6, 6.07) is 12.4. The van der Waals surface area contributed by atoms with Gasteiger partial charge in [0.2, 0.25) is 11.3 Å². The van der Waals surface area contributed by atoms with Gasteiger partial charge in [-0.3, -0.25) is 4.79 Å². The van der Waals surface area contributed by atoms with Crippen LogP contribution in [0.2, 0.25) is 15.1 Å². The van der Waals surface area contributed by atoms with E-state index in [1.165, 1.54) is 6.07 Å². The van der Waals surface area contributed by atoms with E-state index in [9.17, 15) is 14.7 Å². The molecule has 3 rings (SSSR count). The van der Waals surface area contributed by atoms with Crippen molar-refractivity contribution >= 4 is 40.8 Å². The van der Waals surface area contributed by atoms with Crippen LogP contribution in [0.1, 0.15) is 17.3 Å². The molecule has 0 saturated heterocycles. The Labute approximate surface area is 175 Å². The molecule has 3 aromatic rings. The fourth-order valence-electron chi connectivity index (χ4n) is 2.80. The van der Waals surface area contributed by atoms with E-state index in [1.807, 2.05) is 6.92 Å². The second-order valence-electron chi connectivity index (χ2n) is 5.80. The largest absolute Gasteiger partial charge is 0.477 e. The van der Waals surface area contributed by atoms with Crippen molar-refractivity contribution in [2.45, 2.75) is 13.5 Å². The van der Waals surface area contributed by atoms with E-state index in [-0.39, 0.29) is 22.2 Å². The molecule has 0 aliphatic heterocycles. The van der Waals surface area contributed by atoms with E-state index < -0.39 is 11.4 Å². The average molecular weight is 439 g/mol. The number of carboxylic acids is 1. The van der Waals surface area contributed by atoms with Gasteiger partial charge in [-0.15, -0.1) is 0 Å². The fourth-order valence-corrected chi connectivity index (χ4v) is 3.22. The van der Waals surface area contributed by atoms with Gasteiger partial charge < -0.3 is 14.4 Å². The quantitative estimate of drug-likeness (QED) is 0.531. The van der Waals surface area contributed by atoms with Crippen molar-refractivity contribution in [2.24, 2.45) is 0 Å². The van der Waals surface area contributed by atoms with Crippen molar-refractivity contribution in [1.29, 1.82) is 0 Å². The van der Waals surface area contributed by atoms with E-state index in [0.717, 1.165) is 6.07 Å². The van der Waals surface area contributed by atoms with Gasteiger partial charge in [-0.2, -0.15) is 0 Å². The number of carboxylic acid groups (broad SMARTS) is 1. The maximum absolute atomic E-state index is 12.6. The van der Waals surface area contributed by atoms with Crippen LogP contribution < -0.4 is 10.2 Å². The number of rotatable bonds is 5. The average Bonchev–Trinajstić information content (AvgIpc) is 2.65. The Bertz CT molecular complexity index is 1110. The molecule has 1 N–H and O–H groups in total. The van der Waals surface area contributed by atoms with Crippen LogP contribution in [0.4, 0.5) is 0 Å². The van der Waals surface area contributed by atoms with Gasteiger partial charge in [0.25, 0.3) is 0 Å². The summed E-state index contributed by atoms with van der Waals surface area (Å²) < 4.78 is 7.44. The van der Waals surface area contributed by atoms with Crippen molar-refractivity contribution in [2.75, 3.05) is 0 Å². The molecule has 1 aromatic heterocycles. The molecule has 0 fully saturated rings. The van der Waals surface area contributed by atoms with Gasteiger partial charge in [-0.05, 0) is 43.3 Å². The predicted molar refractivity (Wildman–Crippen MR) is 110 cm³/mol. The van der Waals surface area contributed by atoms with Crippen molar-refractivity contribution in [3.05, 3.63) is 79.4 Å². The molecule has 0 unspecified atom stereocenters. The molecule has 0 bridgehead atoms. The van der Waals surface area contributed by atoms with Gasteiger partial charge in [0.05, 0.1) is 15.7 Å². The Morgan fingerprint density at radius 3 is 2.29 bits per heavy atom. The van der Waals surface area contributed by atoms with Gasteiger partial charge in [-0.25, -0.2) is 4.79 Å². The minimum atomic E-state index is -1.34. The zero-order valence-electron chi connectivity index (χ0n) is 14.6. The lowest BCUT2D eigenvalue weighted by atomic mass is 10.0. The molecular formula is C20H14Cl3NO4. The molecule has 0 aliphatic rings. The third-order valence-corrected chi connectivity index (χ3v) is 5.02. The van der Waals surface area contributed by atoms with E-state index in [2.05, 4.69) is 0 Å². The maximum atomic E-state index is 12.6. The second kappa shape index (κ2) is 8.27. The lowest BCUT2D eigenvalue weighted by Gasteiger charge is -2.19. The van der Waals surface area contributed by atoms with Gasteiger partial charge in [0.1, 0.15) is 11.3 Å². The Kier molecular flexibility index (Phi) is 5.98. The van der Waals surface area contributed by atoms with Crippen LogP contribution in [0.5, 0.6) is 11.6 Å². The highest BCUT2D eigenvalue weighted by Crippen LogP contribution is 2.33. The first kappa shape index (κ1) is 20.3. The van der Waals surface area contributed by atoms with Gasteiger partial charge >= 0.3 is 5.97 Å². The molecule has 2 aromatic carbocycles. The first-order chi connectivity index (χ1) is 13.3. The highest BCUT2D eigenvalue weighted by Gasteiger charge is 2.23. The molecule has 0 radical (unpaired) electrons. The molecule has 0 atom stereocenters. The Morgan fingerprint density at radius 2 is 1.71 bits per heavy atom. The third kappa shape index (κ3) is 4.02. The summed E-state index contributed by atoms with van der Waals surface area (Å²) in [6.07, 6.45) is 0. The summed E-state index contributed by atoms with van der Waals surface area (Å²) in [5.41, 5.74) is -0.428. The summed E-state index contributed by atoms with van der Waals surface area (Å²) in [6.45, 7) is 2.16. The summed E-state index contributed by atoms with van der Waals surface area (Å²) in [5, 5.41) is 10.7.